The molecule has 3 aromatic carbocycles. The molecule has 0 saturated heterocycles. The number of benzene rings is 3. The molecule has 0 atom stereocenters. The normalized spacial score (nSPS) is 13.4. The minimum Gasteiger partial charge on any atom is -0.299 e. The van der Waals surface area contributed by atoms with Crippen LogP contribution in [-0.2, 0) is 22.4 Å². The van der Waals surface area contributed by atoms with Gasteiger partial charge in [0.1, 0.15) is 5.78 Å². The van der Waals surface area contributed by atoms with Crippen LogP contribution in [0.3, 0.4) is 0 Å². The van der Waals surface area contributed by atoms with Crippen molar-refractivity contribution in [1.29, 1.82) is 0 Å². The molecule has 0 heterocycles. The highest BCUT2D eigenvalue weighted by atomic mass is 16.1. The van der Waals surface area contributed by atoms with Gasteiger partial charge in [-0.25, -0.2) is 0 Å². The van der Waals surface area contributed by atoms with Crippen molar-refractivity contribution in [3.8, 4) is 0 Å². The zero-order chi connectivity index (χ0) is 20.8. The van der Waals surface area contributed by atoms with E-state index in [4.69, 9.17) is 0 Å². The van der Waals surface area contributed by atoms with Gasteiger partial charge in [-0.1, -0.05) is 97.1 Å². The first kappa shape index (κ1) is 19.5. The van der Waals surface area contributed by atoms with Gasteiger partial charge < -0.3 is 0 Å². The fourth-order valence-electron chi connectivity index (χ4n) is 3.66. The van der Waals surface area contributed by atoms with Crippen LogP contribution in [0.1, 0.15) is 22.3 Å². The van der Waals surface area contributed by atoms with E-state index >= 15 is 0 Å². The number of carbonyl (C=O) groups is 2. The summed E-state index contributed by atoms with van der Waals surface area (Å²) >= 11 is 0. The highest BCUT2D eigenvalue weighted by Crippen LogP contribution is 2.37. The molecule has 30 heavy (non-hydrogen) atoms. The average Bonchev–Trinajstić information content (AvgIpc) is 3.16. The second kappa shape index (κ2) is 9.15. The molecule has 2 aliphatic carbocycles. The largest absolute Gasteiger partial charge is 0.299 e. The monoisotopic (exact) mass is 390 g/mol. The van der Waals surface area contributed by atoms with Gasteiger partial charge in [0.05, 0.1) is 0 Å². The van der Waals surface area contributed by atoms with E-state index < -0.39 is 0 Å². The van der Waals surface area contributed by atoms with Crippen LogP contribution in [0.25, 0.3) is 11.6 Å². The highest BCUT2D eigenvalue weighted by Gasteiger charge is 2.23. The van der Waals surface area contributed by atoms with Gasteiger partial charge in [-0.2, -0.15) is 0 Å². The van der Waals surface area contributed by atoms with E-state index in [0.717, 1.165) is 27.8 Å². The van der Waals surface area contributed by atoms with E-state index in [2.05, 4.69) is 6.07 Å². The van der Waals surface area contributed by atoms with E-state index in [1.54, 1.807) is 6.08 Å². The van der Waals surface area contributed by atoms with Gasteiger partial charge in [0.2, 0.25) is 0 Å². The lowest BCUT2D eigenvalue weighted by Crippen LogP contribution is -2.06. The minimum absolute atomic E-state index is 0.110. The predicted octanol–water partition coefficient (Wildman–Crippen LogP) is 5.65. The number of Topliss-reactive ketones (excluding diaryl/α,β-unsaturated/α-hetero) is 1. The average molecular weight is 390 g/mol. The summed E-state index contributed by atoms with van der Waals surface area (Å²) in [5.41, 5.74) is 6.37. The van der Waals surface area contributed by atoms with Crippen molar-refractivity contribution in [1.82, 2.24) is 0 Å². The Bertz CT molecular complexity index is 1110. The van der Waals surface area contributed by atoms with Crippen molar-refractivity contribution < 1.29 is 9.59 Å². The van der Waals surface area contributed by atoms with E-state index in [9.17, 15) is 9.59 Å². The summed E-state index contributed by atoms with van der Waals surface area (Å²) in [6.45, 7) is 0. The lowest BCUT2D eigenvalue weighted by Gasteiger charge is -2.06. The van der Waals surface area contributed by atoms with Crippen molar-refractivity contribution in [2.24, 2.45) is 0 Å². The SMILES string of the molecule is O=C(Cc1ccccc1)Cc1ccccc1.O=C1C=CC=C2C1=Cc1ccccc12. The first-order chi connectivity index (χ1) is 14.7. The highest BCUT2D eigenvalue weighted by molar-refractivity contribution is 6.23. The Kier molecular flexibility index (Phi) is 5.95. The summed E-state index contributed by atoms with van der Waals surface area (Å²) in [5, 5.41) is 0. The van der Waals surface area contributed by atoms with E-state index in [0.29, 0.717) is 12.8 Å². The maximum Gasteiger partial charge on any atom is 0.186 e. The number of hydrogen-bond donors (Lipinski definition) is 0. The Balaban J connectivity index is 0.000000146. The Morgan fingerprint density at radius 1 is 0.667 bits per heavy atom. The Hall–Kier alpha value is -3.78. The summed E-state index contributed by atoms with van der Waals surface area (Å²) in [6, 6.07) is 27.8. The van der Waals surface area contributed by atoms with Gasteiger partial charge in [-0.3, -0.25) is 9.59 Å². The summed E-state index contributed by atoms with van der Waals surface area (Å²) < 4.78 is 0. The van der Waals surface area contributed by atoms with Crippen molar-refractivity contribution in [2.75, 3.05) is 0 Å². The third-order valence-corrected chi connectivity index (χ3v) is 5.11. The molecule has 146 valence electrons. The molecule has 2 nitrogen and oxygen atoms in total. The van der Waals surface area contributed by atoms with Gasteiger partial charge in [0, 0.05) is 18.4 Å². The van der Waals surface area contributed by atoms with Crippen LogP contribution in [0, 0.1) is 0 Å². The van der Waals surface area contributed by atoms with Gasteiger partial charge in [0.25, 0.3) is 0 Å². The lowest BCUT2D eigenvalue weighted by atomic mass is 9.96. The number of allylic oxidation sites excluding steroid dienone is 5. The fraction of sp³-hybridized carbons (Fsp3) is 0.0714. The van der Waals surface area contributed by atoms with Gasteiger partial charge >= 0.3 is 0 Å². The third-order valence-electron chi connectivity index (χ3n) is 5.11. The Labute approximate surface area is 176 Å². The van der Waals surface area contributed by atoms with Crippen molar-refractivity contribution >= 4 is 23.2 Å². The van der Waals surface area contributed by atoms with Crippen LogP contribution < -0.4 is 0 Å². The maximum absolute atomic E-state index is 11.8. The molecule has 0 aliphatic heterocycles. The maximum atomic E-state index is 11.8. The number of rotatable bonds is 4. The molecule has 0 fully saturated rings. The molecule has 0 bridgehead atoms. The number of carbonyl (C=O) groups excluding carboxylic acids is 2. The first-order valence-electron chi connectivity index (χ1n) is 10.0. The molecule has 0 amide bonds. The van der Waals surface area contributed by atoms with Gasteiger partial charge in [-0.05, 0) is 40.0 Å². The summed E-state index contributed by atoms with van der Waals surface area (Å²) in [4.78, 5) is 23.3. The predicted molar refractivity (Wildman–Crippen MR) is 122 cm³/mol. The molecule has 0 unspecified atom stereocenters. The molecule has 0 spiro atoms. The number of hydrogen-bond acceptors (Lipinski definition) is 2. The standard InChI is InChI=1S/C15H14O.C13H8O/c16-15(11-13-7-3-1-4-8-13)12-14-9-5-2-6-10-14;14-13-7-3-6-11-10-5-2-1-4-9(10)8-12(11)13/h1-10H,11-12H2;1-8H. The minimum atomic E-state index is 0.110. The zero-order valence-corrected chi connectivity index (χ0v) is 16.6. The number of fused-ring (bicyclic) bond motifs is 3. The van der Waals surface area contributed by atoms with Gasteiger partial charge in [0.15, 0.2) is 5.78 Å². The molecule has 0 saturated carbocycles. The van der Waals surface area contributed by atoms with Crippen molar-refractivity contribution in [3.05, 3.63) is 131 Å². The molecular formula is C28H22O2. The van der Waals surface area contributed by atoms with Crippen LogP contribution in [-0.4, -0.2) is 11.6 Å². The Morgan fingerprint density at radius 2 is 1.23 bits per heavy atom. The number of ketones is 2. The van der Waals surface area contributed by atoms with Crippen molar-refractivity contribution in [2.45, 2.75) is 12.8 Å². The molecular weight excluding hydrogens is 368 g/mol. The van der Waals surface area contributed by atoms with E-state index in [1.807, 2.05) is 97.1 Å². The quantitative estimate of drug-likeness (QED) is 0.577. The molecule has 3 aromatic rings. The Morgan fingerprint density at radius 3 is 1.87 bits per heavy atom. The molecule has 0 radical (unpaired) electrons. The molecule has 2 heteroatoms. The second-order valence-corrected chi connectivity index (χ2v) is 7.31. The summed E-state index contributed by atoms with van der Waals surface area (Å²) in [5.74, 6) is 0.371. The molecule has 2 aliphatic rings. The van der Waals surface area contributed by atoms with Crippen LogP contribution in [0.15, 0.2) is 109 Å². The summed E-state index contributed by atoms with van der Waals surface area (Å²) in [6.07, 6.45) is 8.44. The zero-order valence-electron chi connectivity index (χ0n) is 16.6. The molecule has 0 N–H and O–H groups in total. The third kappa shape index (κ3) is 4.61. The van der Waals surface area contributed by atoms with Crippen LogP contribution in [0.4, 0.5) is 0 Å². The second-order valence-electron chi connectivity index (χ2n) is 7.31. The van der Waals surface area contributed by atoms with Gasteiger partial charge in [-0.15, -0.1) is 0 Å². The van der Waals surface area contributed by atoms with Crippen LogP contribution in [0.5, 0.6) is 0 Å². The molecule has 0 aromatic heterocycles. The van der Waals surface area contributed by atoms with E-state index in [-0.39, 0.29) is 11.6 Å². The van der Waals surface area contributed by atoms with E-state index in [1.165, 1.54) is 5.56 Å². The van der Waals surface area contributed by atoms with Crippen molar-refractivity contribution in [3.63, 3.8) is 0 Å². The lowest BCUT2D eigenvalue weighted by molar-refractivity contribution is -0.117. The smallest absolute Gasteiger partial charge is 0.186 e. The molecule has 5 rings (SSSR count). The first-order valence-corrected chi connectivity index (χ1v) is 10.0. The van der Waals surface area contributed by atoms with Crippen LogP contribution >= 0.6 is 0 Å². The fourth-order valence-corrected chi connectivity index (χ4v) is 3.66. The van der Waals surface area contributed by atoms with Crippen LogP contribution in [0.2, 0.25) is 0 Å². The summed E-state index contributed by atoms with van der Waals surface area (Å²) in [7, 11) is 0. The topological polar surface area (TPSA) is 34.1 Å².